The fourth-order valence-corrected chi connectivity index (χ4v) is 14.2. The average molecular weight is 767 g/mol. The van der Waals surface area contributed by atoms with Crippen molar-refractivity contribution in [2.75, 3.05) is 4.90 Å². The first-order valence-corrected chi connectivity index (χ1v) is 19.4. The third-order valence-corrected chi connectivity index (χ3v) is 15.7. The van der Waals surface area contributed by atoms with E-state index in [-0.39, 0.29) is 5.82 Å². The first-order chi connectivity index (χ1) is 23.6. The lowest BCUT2D eigenvalue weighted by Crippen LogP contribution is -2.77. The minimum atomic E-state index is -2.96. The standard InChI is InChI=1S/C42H27Br2FN2Si/c43-34-18-11-23-41-42(34)47(38-25-24-28(45)26-35(38)44)39-21-8-9-22-40(39)48(41,30-13-2-1-3-14-30)31-15-10-12-29(27-31)46-36-19-6-4-16-32(36)33-17-5-7-20-37(33)46/h1-27H. The van der Waals surface area contributed by atoms with Crippen LogP contribution >= 0.6 is 31.9 Å². The van der Waals surface area contributed by atoms with Gasteiger partial charge in [0.25, 0.3) is 0 Å². The number of hydrogen-bond donors (Lipinski definition) is 0. The second kappa shape index (κ2) is 11.4. The molecule has 0 saturated carbocycles. The van der Waals surface area contributed by atoms with E-state index in [1.165, 1.54) is 48.6 Å². The first-order valence-electron chi connectivity index (χ1n) is 15.9. The summed E-state index contributed by atoms with van der Waals surface area (Å²) in [6.45, 7) is 0. The van der Waals surface area contributed by atoms with E-state index < -0.39 is 8.07 Å². The van der Waals surface area contributed by atoms with E-state index in [2.05, 4.69) is 187 Å². The van der Waals surface area contributed by atoms with Crippen LogP contribution in [0.5, 0.6) is 0 Å². The molecule has 0 amide bonds. The summed E-state index contributed by atoms with van der Waals surface area (Å²) in [5.41, 5.74) is 6.54. The summed E-state index contributed by atoms with van der Waals surface area (Å²) < 4.78 is 18.5. The Morgan fingerprint density at radius 3 is 1.85 bits per heavy atom. The lowest BCUT2D eigenvalue weighted by molar-refractivity contribution is 0.627. The highest BCUT2D eigenvalue weighted by molar-refractivity contribution is 9.11. The van der Waals surface area contributed by atoms with Crippen LogP contribution in [0.15, 0.2) is 173 Å². The van der Waals surface area contributed by atoms with Crippen LogP contribution in [0.1, 0.15) is 0 Å². The van der Waals surface area contributed by atoms with Gasteiger partial charge in [-0.3, -0.25) is 0 Å². The molecule has 0 radical (unpaired) electrons. The number of fused-ring (bicyclic) bond motifs is 5. The van der Waals surface area contributed by atoms with Gasteiger partial charge in [-0.05, 0) is 107 Å². The molecule has 2 nitrogen and oxygen atoms in total. The van der Waals surface area contributed by atoms with E-state index >= 15 is 0 Å². The Morgan fingerprint density at radius 1 is 0.479 bits per heavy atom. The highest BCUT2D eigenvalue weighted by Gasteiger charge is 2.49. The molecule has 7 aromatic carbocycles. The van der Waals surface area contributed by atoms with Gasteiger partial charge in [0.05, 0.1) is 22.4 Å². The quantitative estimate of drug-likeness (QED) is 0.162. The molecule has 0 N–H and O–H groups in total. The van der Waals surface area contributed by atoms with E-state index in [1.54, 1.807) is 6.07 Å². The van der Waals surface area contributed by atoms with Crippen molar-refractivity contribution in [3.8, 4) is 5.69 Å². The van der Waals surface area contributed by atoms with Gasteiger partial charge in [-0.15, -0.1) is 0 Å². The number of benzene rings is 7. The Hall–Kier alpha value is -4.75. The van der Waals surface area contributed by atoms with Gasteiger partial charge in [0.2, 0.25) is 0 Å². The molecule has 1 unspecified atom stereocenters. The molecular weight excluding hydrogens is 739 g/mol. The number of rotatable bonds is 4. The highest BCUT2D eigenvalue weighted by atomic mass is 79.9. The van der Waals surface area contributed by atoms with Crippen molar-refractivity contribution < 1.29 is 4.39 Å². The zero-order valence-corrected chi connectivity index (χ0v) is 29.8. The predicted molar refractivity (Wildman–Crippen MR) is 208 cm³/mol. The highest BCUT2D eigenvalue weighted by Crippen LogP contribution is 2.44. The van der Waals surface area contributed by atoms with E-state index in [9.17, 15) is 4.39 Å². The van der Waals surface area contributed by atoms with Gasteiger partial charge < -0.3 is 9.47 Å². The lowest BCUT2D eigenvalue weighted by atomic mass is 10.1. The maximum absolute atomic E-state index is 14.4. The molecule has 0 fully saturated rings. The number of aromatic nitrogens is 1. The maximum atomic E-state index is 14.4. The minimum absolute atomic E-state index is 0.279. The third kappa shape index (κ3) is 4.26. The van der Waals surface area contributed by atoms with Gasteiger partial charge >= 0.3 is 0 Å². The van der Waals surface area contributed by atoms with Gasteiger partial charge in [0, 0.05) is 31.1 Å². The minimum Gasteiger partial charge on any atom is -0.309 e. The van der Waals surface area contributed by atoms with Crippen LogP contribution in [0.3, 0.4) is 0 Å². The van der Waals surface area contributed by atoms with Gasteiger partial charge in [-0.1, -0.05) is 109 Å². The summed E-state index contributed by atoms with van der Waals surface area (Å²) in [6.07, 6.45) is 0. The molecule has 1 atom stereocenters. The van der Waals surface area contributed by atoms with Crippen molar-refractivity contribution in [2.45, 2.75) is 0 Å². The Labute approximate surface area is 296 Å². The Kier molecular flexibility index (Phi) is 7.01. The molecule has 6 heteroatoms. The molecule has 9 rings (SSSR count). The van der Waals surface area contributed by atoms with Gasteiger partial charge in [0.1, 0.15) is 5.82 Å². The molecule has 0 bridgehead atoms. The van der Waals surface area contributed by atoms with Crippen molar-refractivity contribution in [1.82, 2.24) is 4.57 Å². The normalized spacial score (nSPS) is 15.4. The summed E-state index contributed by atoms with van der Waals surface area (Å²) >= 11 is 7.71. The summed E-state index contributed by atoms with van der Waals surface area (Å²) in [4.78, 5) is 2.28. The second-order valence-corrected chi connectivity index (χ2v) is 17.6. The number of hydrogen-bond acceptors (Lipinski definition) is 1. The number of halogens is 3. The Morgan fingerprint density at radius 2 is 1.10 bits per heavy atom. The summed E-state index contributed by atoms with van der Waals surface area (Å²) in [5, 5.41) is 7.61. The molecular formula is C42H27Br2FN2Si. The van der Waals surface area contributed by atoms with E-state index in [1.807, 2.05) is 6.07 Å². The van der Waals surface area contributed by atoms with Crippen LogP contribution in [-0.4, -0.2) is 12.6 Å². The van der Waals surface area contributed by atoms with Crippen LogP contribution in [0.4, 0.5) is 21.5 Å². The molecule has 8 aromatic rings. The average Bonchev–Trinajstić information content (AvgIpc) is 3.46. The molecule has 0 spiro atoms. The predicted octanol–water partition coefficient (Wildman–Crippen LogP) is 9.61. The number of anilines is 3. The fourth-order valence-electron chi connectivity index (χ4n) is 7.77. The van der Waals surface area contributed by atoms with E-state index in [0.29, 0.717) is 4.47 Å². The molecule has 230 valence electrons. The van der Waals surface area contributed by atoms with Crippen LogP contribution in [0, 0.1) is 5.82 Å². The largest absolute Gasteiger partial charge is 0.309 e. The zero-order chi connectivity index (χ0) is 32.4. The maximum Gasteiger partial charge on any atom is 0.184 e. The Balaban J connectivity index is 1.40. The Bertz CT molecular complexity index is 2480. The second-order valence-electron chi connectivity index (χ2n) is 12.1. The molecule has 0 aliphatic carbocycles. The monoisotopic (exact) mass is 764 g/mol. The summed E-state index contributed by atoms with van der Waals surface area (Å²) in [7, 11) is -2.96. The number of para-hydroxylation sites is 4. The van der Waals surface area contributed by atoms with Gasteiger partial charge in [-0.2, -0.15) is 0 Å². The van der Waals surface area contributed by atoms with Crippen molar-refractivity contribution in [3.63, 3.8) is 0 Å². The molecule has 1 aliphatic heterocycles. The molecule has 48 heavy (non-hydrogen) atoms. The first kappa shape index (κ1) is 29.4. The van der Waals surface area contributed by atoms with E-state index in [0.717, 1.165) is 27.2 Å². The van der Waals surface area contributed by atoms with Crippen LogP contribution in [0.25, 0.3) is 27.5 Å². The van der Waals surface area contributed by atoms with E-state index in [4.69, 9.17) is 0 Å². The number of nitrogens with zero attached hydrogens (tertiary/aromatic N) is 2. The van der Waals surface area contributed by atoms with Gasteiger partial charge in [0.15, 0.2) is 8.07 Å². The lowest BCUT2D eigenvalue weighted by Gasteiger charge is -2.45. The van der Waals surface area contributed by atoms with Crippen molar-refractivity contribution in [3.05, 3.63) is 179 Å². The topological polar surface area (TPSA) is 8.17 Å². The van der Waals surface area contributed by atoms with Crippen molar-refractivity contribution in [1.29, 1.82) is 0 Å². The molecule has 1 aliphatic rings. The summed E-state index contributed by atoms with van der Waals surface area (Å²) in [5.74, 6) is -0.279. The molecule has 2 heterocycles. The van der Waals surface area contributed by atoms with Crippen molar-refractivity contribution in [2.24, 2.45) is 0 Å². The van der Waals surface area contributed by atoms with Crippen LogP contribution in [0.2, 0.25) is 0 Å². The van der Waals surface area contributed by atoms with Crippen molar-refractivity contribution >= 4 is 99.5 Å². The zero-order valence-electron chi connectivity index (χ0n) is 25.6. The molecule has 1 aromatic heterocycles. The smallest absolute Gasteiger partial charge is 0.184 e. The molecule has 0 saturated heterocycles. The fraction of sp³-hybridized carbons (Fsp3) is 0. The third-order valence-electron chi connectivity index (χ3n) is 9.64. The van der Waals surface area contributed by atoms with Crippen LogP contribution < -0.4 is 25.6 Å². The summed E-state index contributed by atoms with van der Waals surface area (Å²) in [6, 6.07) is 57.8. The SMILES string of the molecule is Fc1ccc(N2c3ccccc3[Si](c3ccccc3)(c3cccc(-n4c5ccccc5c5ccccc54)c3)c3cccc(Br)c32)c(Br)c1. The van der Waals surface area contributed by atoms with Crippen LogP contribution in [-0.2, 0) is 0 Å². The van der Waals surface area contributed by atoms with Gasteiger partial charge in [-0.25, -0.2) is 4.39 Å².